The third-order valence-corrected chi connectivity index (χ3v) is 10.2. The number of alkyl halides is 3. The summed E-state index contributed by atoms with van der Waals surface area (Å²) >= 11 is 5.22. The molecular formula is C29H19BrF3N3O4S2. The number of para-hydroxylation sites is 2. The fourth-order valence-corrected chi connectivity index (χ4v) is 8.52. The Kier molecular flexibility index (Phi) is 7.36. The summed E-state index contributed by atoms with van der Waals surface area (Å²) in [5, 5.41) is 1.95. The molecular weight excluding hydrogens is 655 g/mol. The molecule has 3 heterocycles. The SMILES string of the molecule is O=C(Cn1c2c(sc1=O)[C@H](c1cccc(Br)c1)C1C(=O)N(c3ccccc3C(F)(F)F)C(=O)C1S2)Nc1ccccc1. The first-order chi connectivity index (χ1) is 20.0. The molecule has 0 bridgehead atoms. The lowest BCUT2D eigenvalue weighted by molar-refractivity contribution is -0.137. The number of amides is 3. The molecule has 1 saturated heterocycles. The van der Waals surface area contributed by atoms with E-state index in [-0.39, 0.29) is 6.54 Å². The Morgan fingerprint density at radius 2 is 1.64 bits per heavy atom. The molecule has 0 radical (unpaired) electrons. The Morgan fingerprint density at radius 3 is 2.36 bits per heavy atom. The smallest absolute Gasteiger partial charge is 0.325 e. The van der Waals surface area contributed by atoms with E-state index in [1.165, 1.54) is 16.7 Å². The summed E-state index contributed by atoms with van der Waals surface area (Å²) in [6.45, 7) is -0.349. The molecule has 3 atom stereocenters. The van der Waals surface area contributed by atoms with Crippen LogP contribution in [-0.4, -0.2) is 27.5 Å². The van der Waals surface area contributed by atoms with E-state index in [9.17, 15) is 32.3 Å². The van der Waals surface area contributed by atoms with Gasteiger partial charge in [-0.15, -0.1) is 0 Å². The minimum atomic E-state index is -4.80. The maximum Gasteiger partial charge on any atom is 0.418 e. The van der Waals surface area contributed by atoms with Crippen LogP contribution in [0.4, 0.5) is 24.5 Å². The second kappa shape index (κ2) is 10.9. The van der Waals surface area contributed by atoms with Crippen LogP contribution in [0.5, 0.6) is 0 Å². The zero-order valence-corrected chi connectivity index (χ0v) is 24.5. The number of aromatic nitrogens is 1. The van der Waals surface area contributed by atoms with Crippen molar-refractivity contribution in [3.63, 3.8) is 0 Å². The van der Waals surface area contributed by atoms with E-state index in [0.717, 1.165) is 35.2 Å². The molecule has 2 unspecified atom stereocenters. The van der Waals surface area contributed by atoms with Crippen molar-refractivity contribution in [1.82, 2.24) is 4.57 Å². The number of halogens is 4. The standard InChI is InChI=1S/C29H19BrF3N3O4S2/c30-16-8-6-7-15(13-16)21-22-23(26(39)36(25(22)38)19-12-5-4-11-18(19)29(31,32)33)41-27-24(21)42-28(40)35(27)14-20(37)34-17-9-2-1-3-10-17/h1-13,21-23H,14H2,(H,34,37)/t21-,22?,23?/m1/s1. The van der Waals surface area contributed by atoms with Crippen LogP contribution in [0.3, 0.4) is 0 Å². The van der Waals surface area contributed by atoms with Crippen molar-refractivity contribution < 1.29 is 27.6 Å². The Balaban J connectivity index is 1.45. The second-order valence-corrected chi connectivity index (χ2v) is 12.7. The average molecular weight is 675 g/mol. The van der Waals surface area contributed by atoms with Crippen molar-refractivity contribution in [2.24, 2.45) is 5.92 Å². The van der Waals surface area contributed by atoms with E-state index in [1.807, 2.05) is 0 Å². The van der Waals surface area contributed by atoms with E-state index in [0.29, 0.717) is 30.5 Å². The summed E-state index contributed by atoms with van der Waals surface area (Å²) in [7, 11) is 0. The highest BCUT2D eigenvalue weighted by atomic mass is 79.9. The van der Waals surface area contributed by atoms with Crippen molar-refractivity contribution in [3.05, 3.63) is 109 Å². The summed E-state index contributed by atoms with van der Waals surface area (Å²) < 4.78 is 43.7. The van der Waals surface area contributed by atoms with Gasteiger partial charge in [0, 0.05) is 21.0 Å². The van der Waals surface area contributed by atoms with E-state index in [2.05, 4.69) is 21.2 Å². The number of carbonyl (C=O) groups is 3. The van der Waals surface area contributed by atoms with Gasteiger partial charge in [0.05, 0.1) is 22.2 Å². The highest BCUT2D eigenvalue weighted by Crippen LogP contribution is 2.54. The van der Waals surface area contributed by atoms with Gasteiger partial charge in [-0.1, -0.05) is 81.5 Å². The Hall–Kier alpha value is -3.68. The van der Waals surface area contributed by atoms with Crippen LogP contribution < -0.4 is 15.1 Å². The van der Waals surface area contributed by atoms with Crippen molar-refractivity contribution >= 4 is 68.1 Å². The quantitative estimate of drug-likeness (QED) is 0.258. The number of hydrogen-bond acceptors (Lipinski definition) is 6. The highest BCUT2D eigenvalue weighted by molar-refractivity contribution is 9.10. The van der Waals surface area contributed by atoms with Gasteiger partial charge >= 0.3 is 11.0 Å². The summed E-state index contributed by atoms with van der Waals surface area (Å²) in [6, 6.07) is 20.2. The van der Waals surface area contributed by atoms with Gasteiger partial charge in [-0.25, -0.2) is 4.90 Å². The van der Waals surface area contributed by atoms with E-state index < -0.39 is 57.1 Å². The maximum absolute atomic E-state index is 13.9. The number of imide groups is 1. The number of benzene rings is 3. The number of nitrogens with zero attached hydrogens (tertiary/aromatic N) is 2. The molecule has 0 spiro atoms. The Morgan fingerprint density at radius 1 is 0.929 bits per heavy atom. The number of nitrogens with one attached hydrogen (secondary N) is 1. The number of anilines is 2. The normalized spacial score (nSPS) is 19.9. The predicted octanol–water partition coefficient (Wildman–Crippen LogP) is 6.13. The van der Waals surface area contributed by atoms with Crippen LogP contribution in [0.15, 0.2) is 93.2 Å². The number of rotatable bonds is 5. The van der Waals surface area contributed by atoms with Crippen LogP contribution in [0.25, 0.3) is 0 Å². The third-order valence-electron chi connectivity index (χ3n) is 7.07. The highest BCUT2D eigenvalue weighted by Gasteiger charge is 2.57. The Labute approximate surface area is 253 Å². The summed E-state index contributed by atoms with van der Waals surface area (Å²) in [6.07, 6.45) is -4.80. The minimum Gasteiger partial charge on any atom is -0.325 e. The van der Waals surface area contributed by atoms with Gasteiger partial charge in [0.1, 0.15) is 11.8 Å². The molecule has 42 heavy (non-hydrogen) atoms. The third kappa shape index (κ3) is 4.99. The Bertz CT molecular complexity index is 1790. The molecule has 6 rings (SSSR count). The molecule has 214 valence electrons. The molecule has 4 aromatic rings. The lowest BCUT2D eigenvalue weighted by Gasteiger charge is -2.30. The first-order valence-electron chi connectivity index (χ1n) is 12.6. The van der Waals surface area contributed by atoms with Crippen LogP contribution in [0.2, 0.25) is 0 Å². The van der Waals surface area contributed by atoms with E-state index in [1.54, 1.807) is 54.6 Å². The number of hydrogen-bond donors (Lipinski definition) is 1. The van der Waals surface area contributed by atoms with Crippen molar-refractivity contribution in [2.45, 2.75) is 28.9 Å². The van der Waals surface area contributed by atoms with Gasteiger partial charge in [0.25, 0.3) is 0 Å². The molecule has 2 aliphatic heterocycles. The van der Waals surface area contributed by atoms with Crippen molar-refractivity contribution in [3.8, 4) is 0 Å². The van der Waals surface area contributed by atoms with Crippen LogP contribution in [0, 0.1) is 5.92 Å². The fraction of sp³-hybridized carbons (Fsp3) is 0.172. The molecule has 7 nitrogen and oxygen atoms in total. The van der Waals surface area contributed by atoms with Gasteiger partial charge in [0.15, 0.2) is 0 Å². The summed E-state index contributed by atoms with van der Waals surface area (Å²) in [5.41, 5.74) is -0.491. The molecule has 0 saturated carbocycles. The van der Waals surface area contributed by atoms with Gasteiger partial charge in [-0.05, 0) is 42.0 Å². The molecule has 1 fully saturated rings. The number of thiazole rings is 1. The molecule has 3 amide bonds. The molecule has 2 aliphatic rings. The van der Waals surface area contributed by atoms with Crippen molar-refractivity contribution in [2.75, 3.05) is 10.2 Å². The van der Waals surface area contributed by atoms with Gasteiger partial charge in [-0.2, -0.15) is 13.2 Å². The number of fused-ring (bicyclic) bond motifs is 2. The zero-order chi connectivity index (χ0) is 29.8. The van der Waals surface area contributed by atoms with Gasteiger partial charge in [-0.3, -0.25) is 23.7 Å². The lowest BCUT2D eigenvalue weighted by Crippen LogP contribution is -2.33. The average Bonchev–Trinajstić information content (AvgIpc) is 3.39. The minimum absolute atomic E-state index is 0.339. The lowest BCUT2D eigenvalue weighted by atomic mass is 9.83. The molecule has 1 aromatic heterocycles. The topological polar surface area (TPSA) is 88.5 Å². The van der Waals surface area contributed by atoms with Crippen LogP contribution in [0.1, 0.15) is 21.9 Å². The first kappa shape index (κ1) is 28.4. The fourth-order valence-electron chi connectivity index (χ4n) is 5.33. The first-order valence-corrected chi connectivity index (χ1v) is 15.1. The van der Waals surface area contributed by atoms with Crippen LogP contribution in [-0.2, 0) is 27.1 Å². The van der Waals surface area contributed by atoms with Crippen LogP contribution >= 0.6 is 39.0 Å². The second-order valence-electron chi connectivity index (χ2n) is 9.66. The summed E-state index contributed by atoms with van der Waals surface area (Å²) in [5.74, 6) is -3.94. The molecule has 0 aliphatic carbocycles. The van der Waals surface area contributed by atoms with Gasteiger partial charge < -0.3 is 5.32 Å². The number of carbonyl (C=O) groups excluding carboxylic acids is 3. The predicted molar refractivity (Wildman–Crippen MR) is 157 cm³/mol. The largest absolute Gasteiger partial charge is 0.418 e. The summed E-state index contributed by atoms with van der Waals surface area (Å²) in [4.78, 5) is 54.6. The van der Waals surface area contributed by atoms with Gasteiger partial charge in [0.2, 0.25) is 17.7 Å². The van der Waals surface area contributed by atoms with Crippen molar-refractivity contribution in [1.29, 1.82) is 0 Å². The monoisotopic (exact) mass is 673 g/mol. The molecule has 3 aromatic carbocycles. The number of thioether (sulfide) groups is 1. The van der Waals surface area contributed by atoms with E-state index >= 15 is 0 Å². The maximum atomic E-state index is 13.9. The van der Waals surface area contributed by atoms with E-state index in [4.69, 9.17) is 0 Å². The molecule has 1 N–H and O–H groups in total. The zero-order valence-electron chi connectivity index (χ0n) is 21.3. The molecule has 13 heteroatoms.